The van der Waals surface area contributed by atoms with Crippen molar-refractivity contribution < 1.29 is 23.6 Å². The number of halogens is 1. The van der Waals surface area contributed by atoms with Crippen molar-refractivity contribution >= 4 is 58.7 Å². The van der Waals surface area contributed by atoms with Crippen molar-refractivity contribution in [3.63, 3.8) is 0 Å². The highest BCUT2D eigenvalue weighted by molar-refractivity contribution is 8.00. The Morgan fingerprint density at radius 3 is 2.18 bits per heavy atom. The van der Waals surface area contributed by atoms with Crippen LogP contribution in [0.5, 0.6) is 0 Å². The Balaban J connectivity index is 1.21. The minimum Gasteiger partial charge on any atom is -0.321 e. The third-order valence-electron chi connectivity index (χ3n) is 6.55. The minimum absolute atomic E-state index is 0.00415. The molecule has 4 amide bonds. The van der Waals surface area contributed by atoms with Gasteiger partial charge in [0.25, 0.3) is 17.7 Å². The van der Waals surface area contributed by atoms with Gasteiger partial charge in [0.2, 0.25) is 5.91 Å². The van der Waals surface area contributed by atoms with Gasteiger partial charge in [-0.1, -0.05) is 48.5 Å². The zero-order chi connectivity index (χ0) is 31.8. The molecule has 11 heteroatoms. The van der Waals surface area contributed by atoms with E-state index in [1.807, 2.05) is 6.07 Å². The molecule has 1 unspecified atom stereocenters. The lowest BCUT2D eigenvalue weighted by molar-refractivity contribution is -0.119. The van der Waals surface area contributed by atoms with Gasteiger partial charge in [0.15, 0.2) is 0 Å². The van der Waals surface area contributed by atoms with Gasteiger partial charge in [0.1, 0.15) is 17.3 Å². The number of anilines is 2. The summed E-state index contributed by atoms with van der Waals surface area (Å²) in [5, 5.41) is 13.2. The van der Waals surface area contributed by atoms with Crippen LogP contribution >= 0.6 is 11.8 Å². The van der Waals surface area contributed by atoms with E-state index in [1.165, 1.54) is 47.1 Å². The number of carbonyl (C=O) groups is 4. The van der Waals surface area contributed by atoms with E-state index in [1.54, 1.807) is 85.8 Å². The van der Waals surface area contributed by atoms with Gasteiger partial charge in [0, 0.05) is 16.1 Å². The summed E-state index contributed by atoms with van der Waals surface area (Å²) in [6.07, 6.45) is 1.46. The lowest BCUT2D eigenvalue weighted by atomic mass is 10.1. The zero-order valence-electron chi connectivity index (χ0n) is 24.1. The fraction of sp³-hybridized carbons (Fsp3) is 0.0882. The van der Waals surface area contributed by atoms with E-state index in [0.717, 1.165) is 4.90 Å². The van der Waals surface area contributed by atoms with Crippen molar-refractivity contribution in [1.82, 2.24) is 10.6 Å². The van der Waals surface area contributed by atoms with E-state index >= 15 is 0 Å². The van der Waals surface area contributed by atoms with Crippen molar-refractivity contribution in [2.75, 3.05) is 10.3 Å². The van der Waals surface area contributed by atoms with E-state index in [9.17, 15) is 23.6 Å². The van der Waals surface area contributed by atoms with Gasteiger partial charge in [-0.25, -0.2) is 4.39 Å². The number of hydrazone groups is 1. The van der Waals surface area contributed by atoms with Crippen LogP contribution in [0.15, 0.2) is 125 Å². The van der Waals surface area contributed by atoms with Crippen LogP contribution in [0.25, 0.3) is 6.08 Å². The fourth-order valence-corrected chi connectivity index (χ4v) is 5.12. The first-order valence-corrected chi connectivity index (χ1v) is 14.8. The lowest BCUT2D eigenvalue weighted by Gasteiger charge is -2.13. The molecule has 0 aromatic heterocycles. The number of benzene rings is 4. The molecule has 4 aromatic carbocycles. The summed E-state index contributed by atoms with van der Waals surface area (Å²) in [7, 11) is 0. The van der Waals surface area contributed by atoms with Crippen molar-refractivity contribution in [3.05, 3.63) is 132 Å². The maximum atomic E-state index is 13.4. The quantitative estimate of drug-likeness (QED) is 0.167. The Labute approximate surface area is 263 Å². The molecule has 1 atom stereocenters. The summed E-state index contributed by atoms with van der Waals surface area (Å²) in [6, 6.07) is 29.8. The van der Waals surface area contributed by atoms with Crippen molar-refractivity contribution in [2.24, 2.45) is 5.10 Å². The fourth-order valence-electron chi connectivity index (χ4n) is 4.25. The maximum absolute atomic E-state index is 13.4. The van der Waals surface area contributed by atoms with E-state index in [-0.39, 0.29) is 29.8 Å². The molecular weight excluding hydrogens is 593 g/mol. The maximum Gasteiger partial charge on any atom is 0.272 e. The average Bonchev–Trinajstić information content (AvgIpc) is 3.42. The number of nitrogens with one attached hydrogen (secondary N) is 3. The first-order chi connectivity index (χ1) is 21.7. The topological polar surface area (TPSA) is 120 Å². The monoisotopic (exact) mass is 621 g/mol. The molecule has 1 heterocycles. The summed E-state index contributed by atoms with van der Waals surface area (Å²) in [5.74, 6) is -1.73. The number of amidine groups is 1. The molecule has 45 heavy (non-hydrogen) atoms. The van der Waals surface area contributed by atoms with Crippen LogP contribution < -0.4 is 21.0 Å². The van der Waals surface area contributed by atoms with Crippen LogP contribution in [0.4, 0.5) is 15.8 Å². The molecule has 0 radical (unpaired) electrons. The first kappa shape index (κ1) is 30.9. The highest BCUT2D eigenvalue weighted by Crippen LogP contribution is 2.26. The molecule has 0 aliphatic carbocycles. The second kappa shape index (κ2) is 14.3. The first-order valence-electron chi connectivity index (χ1n) is 13.9. The number of amides is 4. The standard InChI is InChI=1S/C34H28FN5O4S/c1-22(32(42)38-30-21-31(41)40(39-30)27-10-6-3-7-11-27)45-28-18-16-26(17-19-28)36-34(44)29(20-23-12-14-25(35)15-13-23)37-33(43)24-8-4-2-5-9-24/h2-20,22H,21H2,1H3,(H,36,44)(H,37,43)(H,38,39,42)/b29-20-. The Morgan fingerprint density at radius 2 is 1.51 bits per heavy atom. The number of para-hydroxylation sites is 1. The van der Waals surface area contributed by atoms with Crippen molar-refractivity contribution in [1.29, 1.82) is 0 Å². The summed E-state index contributed by atoms with van der Waals surface area (Å²) < 4.78 is 13.4. The number of hydrogen-bond donors (Lipinski definition) is 3. The van der Waals surface area contributed by atoms with Gasteiger partial charge in [0.05, 0.1) is 17.4 Å². The number of nitrogens with zero attached hydrogens (tertiary/aromatic N) is 2. The van der Waals surface area contributed by atoms with Gasteiger partial charge in [-0.05, 0) is 79.2 Å². The Kier molecular flexibility index (Phi) is 9.80. The van der Waals surface area contributed by atoms with Crippen LogP contribution in [0, 0.1) is 5.82 Å². The molecule has 9 nitrogen and oxygen atoms in total. The SMILES string of the molecule is CC(Sc1ccc(NC(=O)/C(=C/c2ccc(F)cc2)NC(=O)c2ccccc2)cc1)C(=O)NC1=NN(c2ccccc2)C(=O)C1. The Hall–Kier alpha value is -5.55. The second-order valence-electron chi connectivity index (χ2n) is 9.92. The molecule has 3 N–H and O–H groups in total. The van der Waals surface area contributed by atoms with E-state index in [0.29, 0.717) is 22.5 Å². The molecule has 0 saturated carbocycles. The smallest absolute Gasteiger partial charge is 0.272 e. The van der Waals surface area contributed by atoms with Gasteiger partial charge in [-0.3, -0.25) is 19.2 Å². The molecule has 1 aliphatic rings. The van der Waals surface area contributed by atoms with E-state index in [4.69, 9.17) is 0 Å². The second-order valence-corrected chi connectivity index (χ2v) is 11.3. The molecule has 0 fully saturated rings. The summed E-state index contributed by atoms with van der Waals surface area (Å²) in [5.41, 5.74) is 1.95. The largest absolute Gasteiger partial charge is 0.321 e. The van der Waals surface area contributed by atoms with Crippen LogP contribution in [0.2, 0.25) is 0 Å². The molecule has 0 saturated heterocycles. The predicted molar refractivity (Wildman–Crippen MR) is 173 cm³/mol. The summed E-state index contributed by atoms with van der Waals surface area (Å²) in [4.78, 5) is 52.0. The molecule has 5 rings (SSSR count). The molecule has 226 valence electrons. The van der Waals surface area contributed by atoms with E-state index in [2.05, 4.69) is 21.1 Å². The Morgan fingerprint density at radius 1 is 0.867 bits per heavy atom. The molecule has 1 aliphatic heterocycles. The number of carbonyl (C=O) groups excluding carboxylic acids is 4. The highest BCUT2D eigenvalue weighted by atomic mass is 32.2. The summed E-state index contributed by atoms with van der Waals surface area (Å²) in [6.45, 7) is 1.74. The van der Waals surface area contributed by atoms with Crippen LogP contribution in [-0.4, -0.2) is 34.7 Å². The van der Waals surface area contributed by atoms with Crippen LogP contribution in [0.1, 0.15) is 29.3 Å². The van der Waals surface area contributed by atoms with Crippen LogP contribution in [0.3, 0.4) is 0 Å². The van der Waals surface area contributed by atoms with Crippen LogP contribution in [-0.2, 0) is 14.4 Å². The zero-order valence-corrected chi connectivity index (χ0v) is 24.9. The number of thioether (sulfide) groups is 1. The molecule has 4 aromatic rings. The average molecular weight is 622 g/mol. The summed E-state index contributed by atoms with van der Waals surface area (Å²) >= 11 is 1.30. The van der Waals surface area contributed by atoms with Gasteiger partial charge < -0.3 is 16.0 Å². The Bertz CT molecular complexity index is 1760. The van der Waals surface area contributed by atoms with Gasteiger partial charge >= 0.3 is 0 Å². The van der Waals surface area contributed by atoms with Crippen molar-refractivity contribution in [2.45, 2.75) is 23.5 Å². The normalized spacial score (nSPS) is 13.6. The number of hydrogen-bond acceptors (Lipinski definition) is 6. The minimum atomic E-state index is -0.576. The lowest BCUT2D eigenvalue weighted by Crippen LogP contribution is -2.35. The third-order valence-corrected chi connectivity index (χ3v) is 7.66. The number of rotatable bonds is 9. The van der Waals surface area contributed by atoms with E-state index < -0.39 is 22.9 Å². The highest BCUT2D eigenvalue weighted by Gasteiger charge is 2.27. The van der Waals surface area contributed by atoms with Gasteiger partial charge in [-0.15, -0.1) is 11.8 Å². The third kappa shape index (κ3) is 8.30. The molecule has 0 spiro atoms. The molecule has 0 bridgehead atoms. The molecular formula is C34H28FN5O4S. The predicted octanol–water partition coefficient (Wildman–Crippen LogP) is 5.58. The van der Waals surface area contributed by atoms with Gasteiger partial charge in [-0.2, -0.15) is 10.1 Å². The van der Waals surface area contributed by atoms with Crippen molar-refractivity contribution in [3.8, 4) is 0 Å².